The molecule has 4 rings (SSSR count). The molecule has 2 aromatic rings. The largest absolute Gasteiger partial charge is 0.478 e. The van der Waals surface area contributed by atoms with Crippen LogP contribution in [-0.2, 0) is 14.3 Å². The first-order chi connectivity index (χ1) is 15.4. The van der Waals surface area contributed by atoms with Gasteiger partial charge >= 0.3 is 0 Å². The smallest absolute Gasteiger partial charge is 0.265 e. The molecule has 8 nitrogen and oxygen atoms in total. The number of hydrogen-bond acceptors (Lipinski definition) is 5. The summed E-state index contributed by atoms with van der Waals surface area (Å²) in [5, 5.41) is 8.63. The van der Waals surface area contributed by atoms with Crippen LogP contribution in [0.3, 0.4) is 0 Å². The van der Waals surface area contributed by atoms with E-state index in [1.54, 1.807) is 30.3 Å². The highest BCUT2D eigenvalue weighted by molar-refractivity contribution is 5.99. The van der Waals surface area contributed by atoms with Gasteiger partial charge in [-0.2, -0.15) is 0 Å². The normalized spacial score (nSPS) is 20.5. The van der Waals surface area contributed by atoms with E-state index in [9.17, 15) is 14.4 Å². The van der Waals surface area contributed by atoms with Crippen molar-refractivity contribution in [1.29, 1.82) is 0 Å². The quantitative estimate of drug-likeness (QED) is 0.642. The van der Waals surface area contributed by atoms with Crippen LogP contribution in [0.5, 0.6) is 5.75 Å². The Morgan fingerprint density at radius 3 is 2.81 bits per heavy atom. The number of carbonyl (C=O) groups excluding carboxylic acids is 3. The highest BCUT2D eigenvalue weighted by Crippen LogP contribution is 2.33. The first kappa shape index (κ1) is 21.8. The minimum absolute atomic E-state index is 0.152. The monoisotopic (exact) mass is 437 g/mol. The standard InChI is InChI=1S/C24H27N3O5/c1-3-19-23(29)27-18-10-9-15(13-21(18)32-19)14(2)25-22(28)16-6-4-7-17(12-16)26-24(30)20-8-5-11-31-20/h4,6-7,9-10,12-14,19-20H,3,5,8,11H2,1-2H3,(H,25,28)(H,26,30)(H,27,29)/t14-,19+,20+/m1/s1. The number of rotatable bonds is 6. The Balaban J connectivity index is 1.42. The van der Waals surface area contributed by atoms with Crippen molar-refractivity contribution in [2.75, 3.05) is 17.2 Å². The van der Waals surface area contributed by atoms with Gasteiger partial charge in [-0.15, -0.1) is 0 Å². The predicted molar refractivity (Wildman–Crippen MR) is 120 cm³/mol. The summed E-state index contributed by atoms with van der Waals surface area (Å²) in [6, 6.07) is 12.0. The van der Waals surface area contributed by atoms with Crippen molar-refractivity contribution in [1.82, 2.24) is 5.32 Å². The van der Waals surface area contributed by atoms with Crippen LogP contribution in [0.2, 0.25) is 0 Å². The number of carbonyl (C=O) groups is 3. The molecule has 2 aliphatic rings. The Morgan fingerprint density at radius 2 is 2.06 bits per heavy atom. The van der Waals surface area contributed by atoms with Gasteiger partial charge in [0.15, 0.2) is 6.10 Å². The molecule has 3 N–H and O–H groups in total. The van der Waals surface area contributed by atoms with Crippen LogP contribution in [0, 0.1) is 0 Å². The third-order valence-electron chi connectivity index (χ3n) is 5.66. The van der Waals surface area contributed by atoms with E-state index in [1.165, 1.54) is 0 Å². The van der Waals surface area contributed by atoms with E-state index in [0.717, 1.165) is 12.0 Å². The lowest BCUT2D eigenvalue weighted by atomic mass is 10.0. The van der Waals surface area contributed by atoms with Crippen molar-refractivity contribution in [2.45, 2.75) is 51.4 Å². The topological polar surface area (TPSA) is 106 Å². The Bertz CT molecular complexity index is 1030. The number of fused-ring (bicyclic) bond motifs is 1. The van der Waals surface area contributed by atoms with Crippen molar-refractivity contribution >= 4 is 29.1 Å². The predicted octanol–water partition coefficient (Wildman–Crippen LogP) is 3.40. The minimum atomic E-state index is -0.518. The van der Waals surface area contributed by atoms with E-state index in [0.29, 0.717) is 42.1 Å². The van der Waals surface area contributed by atoms with Gasteiger partial charge in [0, 0.05) is 17.9 Å². The van der Waals surface area contributed by atoms with Gasteiger partial charge < -0.3 is 25.4 Å². The highest BCUT2D eigenvalue weighted by atomic mass is 16.5. The molecule has 168 valence electrons. The maximum atomic E-state index is 12.8. The molecule has 2 aromatic carbocycles. The van der Waals surface area contributed by atoms with Gasteiger partial charge in [0.25, 0.3) is 17.7 Å². The lowest BCUT2D eigenvalue weighted by Gasteiger charge is -2.26. The zero-order chi connectivity index (χ0) is 22.7. The van der Waals surface area contributed by atoms with Crippen LogP contribution in [0.4, 0.5) is 11.4 Å². The highest BCUT2D eigenvalue weighted by Gasteiger charge is 2.27. The van der Waals surface area contributed by atoms with Crippen molar-refractivity contribution in [2.24, 2.45) is 0 Å². The van der Waals surface area contributed by atoms with Gasteiger partial charge in [-0.25, -0.2) is 0 Å². The molecule has 8 heteroatoms. The second kappa shape index (κ2) is 9.40. The van der Waals surface area contributed by atoms with Crippen molar-refractivity contribution < 1.29 is 23.9 Å². The molecular formula is C24H27N3O5. The molecule has 2 heterocycles. The summed E-state index contributed by atoms with van der Waals surface area (Å²) in [5.74, 6) is -0.0153. The minimum Gasteiger partial charge on any atom is -0.478 e. The first-order valence-electron chi connectivity index (χ1n) is 10.9. The molecule has 0 spiro atoms. The number of amides is 3. The molecule has 1 fully saturated rings. The third kappa shape index (κ3) is 4.75. The van der Waals surface area contributed by atoms with Crippen LogP contribution in [0.15, 0.2) is 42.5 Å². The van der Waals surface area contributed by atoms with E-state index in [4.69, 9.17) is 9.47 Å². The zero-order valence-electron chi connectivity index (χ0n) is 18.1. The average Bonchev–Trinajstić information content (AvgIpc) is 3.33. The Morgan fingerprint density at radius 1 is 1.22 bits per heavy atom. The van der Waals surface area contributed by atoms with Crippen LogP contribution in [0.1, 0.15) is 55.1 Å². The molecule has 0 radical (unpaired) electrons. The lowest BCUT2D eigenvalue weighted by Crippen LogP contribution is -2.36. The molecule has 0 saturated carbocycles. The van der Waals surface area contributed by atoms with Gasteiger partial charge in [0.05, 0.1) is 11.7 Å². The van der Waals surface area contributed by atoms with E-state index >= 15 is 0 Å². The van der Waals surface area contributed by atoms with E-state index < -0.39 is 12.2 Å². The molecule has 0 bridgehead atoms. The number of nitrogens with one attached hydrogen (secondary N) is 3. The van der Waals surface area contributed by atoms with E-state index in [-0.39, 0.29) is 23.8 Å². The number of hydrogen-bond donors (Lipinski definition) is 3. The molecule has 32 heavy (non-hydrogen) atoms. The SMILES string of the molecule is CC[C@@H]1Oc2cc([C@@H](C)NC(=O)c3cccc(NC(=O)[C@@H]4CCCO4)c3)ccc2NC1=O. The maximum Gasteiger partial charge on any atom is 0.265 e. The summed E-state index contributed by atoms with van der Waals surface area (Å²) < 4.78 is 11.2. The Labute approximate surface area is 186 Å². The second-order valence-electron chi connectivity index (χ2n) is 8.03. The molecular weight excluding hydrogens is 410 g/mol. The van der Waals surface area contributed by atoms with Crippen molar-refractivity contribution in [3.8, 4) is 5.75 Å². The summed E-state index contributed by atoms with van der Waals surface area (Å²) in [5.41, 5.74) is 2.46. The van der Waals surface area contributed by atoms with Crippen LogP contribution >= 0.6 is 0 Å². The summed E-state index contributed by atoms with van der Waals surface area (Å²) in [4.78, 5) is 37.0. The number of ether oxygens (including phenoxy) is 2. The van der Waals surface area contributed by atoms with E-state index in [2.05, 4.69) is 16.0 Å². The van der Waals surface area contributed by atoms with Gasteiger partial charge in [-0.05, 0) is 62.1 Å². The van der Waals surface area contributed by atoms with Crippen LogP contribution in [-0.4, -0.2) is 36.5 Å². The fraction of sp³-hybridized carbons (Fsp3) is 0.375. The van der Waals surface area contributed by atoms with Crippen LogP contribution < -0.4 is 20.7 Å². The number of benzene rings is 2. The van der Waals surface area contributed by atoms with Gasteiger partial charge in [-0.3, -0.25) is 14.4 Å². The average molecular weight is 437 g/mol. The molecule has 1 saturated heterocycles. The number of anilines is 2. The summed E-state index contributed by atoms with van der Waals surface area (Å²) in [7, 11) is 0. The molecule has 2 aliphatic heterocycles. The van der Waals surface area contributed by atoms with E-state index in [1.807, 2.05) is 26.0 Å². The first-order valence-corrected chi connectivity index (χ1v) is 10.9. The summed E-state index contributed by atoms with van der Waals surface area (Å²) in [6.07, 6.45) is 1.20. The van der Waals surface area contributed by atoms with Crippen molar-refractivity contribution in [3.05, 3.63) is 53.6 Å². The van der Waals surface area contributed by atoms with Gasteiger partial charge in [-0.1, -0.05) is 19.1 Å². The van der Waals surface area contributed by atoms with Gasteiger partial charge in [0.2, 0.25) is 0 Å². The summed E-state index contributed by atoms with van der Waals surface area (Å²) >= 11 is 0. The Hall–Kier alpha value is -3.39. The Kier molecular flexibility index (Phi) is 6.41. The maximum absolute atomic E-state index is 12.8. The molecule has 3 atom stereocenters. The fourth-order valence-electron chi connectivity index (χ4n) is 3.81. The zero-order valence-corrected chi connectivity index (χ0v) is 18.1. The fourth-order valence-corrected chi connectivity index (χ4v) is 3.81. The molecule has 0 aromatic heterocycles. The summed E-state index contributed by atoms with van der Waals surface area (Å²) in [6.45, 7) is 4.36. The second-order valence-corrected chi connectivity index (χ2v) is 8.03. The molecule has 0 aliphatic carbocycles. The van der Waals surface area contributed by atoms with Crippen molar-refractivity contribution in [3.63, 3.8) is 0 Å². The molecule has 0 unspecified atom stereocenters. The lowest BCUT2D eigenvalue weighted by molar-refractivity contribution is -0.125. The van der Waals surface area contributed by atoms with Crippen LogP contribution in [0.25, 0.3) is 0 Å². The third-order valence-corrected chi connectivity index (χ3v) is 5.66. The van der Waals surface area contributed by atoms with Gasteiger partial charge in [0.1, 0.15) is 11.9 Å². The molecule has 3 amide bonds.